The first-order valence-electron chi connectivity index (χ1n) is 17.8. The van der Waals surface area contributed by atoms with E-state index in [-0.39, 0.29) is 38.1 Å². The highest BCUT2D eigenvalue weighted by atomic mass is 31.2. The maximum atomic E-state index is 15.4. The summed E-state index contributed by atoms with van der Waals surface area (Å²) < 4.78 is 57.1. The Hall–Kier alpha value is -4.32. The molecule has 3 aromatic rings. The van der Waals surface area contributed by atoms with Gasteiger partial charge in [0.15, 0.2) is 40.3 Å². The van der Waals surface area contributed by atoms with Crippen LogP contribution in [0.4, 0.5) is 33.5 Å². The molecule has 2 aromatic heterocycles. The summed E-state index contributed by atoms with van der Waals surface area (Å²) >= 11 is 0. The fourth-order valence-corrected chi connectivity index (χ4v) is 8.19. The molecule has 0 radical (unpaired) electrons. The van der Waals surface area contributed by atoms with Gasteiger partial charge >= 0.3 is 13.8 Å². The van der Waals surface area contributed by atoms with Crippen LogP contribution in [0.3, 0.4) is 0 Å². The molecule has 1 amide bonds. The summed E-state index contributed by atoms with van der Waals surface area (Å²) in [6, 6.07) is 6.34. The molecule has 3 heterocycles. The monoisotopic (exact) mass is 780 g/mol. The molecule has 0 saturated heterocycles. The van der Waals surface area contributed by atoms with Crippen molar-refractivity contribution in [2.24, 2.45) is 0 Å². The van der Waals surface area contributed by atoms with Gasteiger partial charge in [-0.05, 0) is 67.5 Å². The number of nitrogens with one attached hydrogen (secondary N) is 2. The van der Waals surface area contributed by atoms with Crippen LogP contribution in [0.1, 0.15) is 55.4 Å². The van der Waals surface area contributed by atoms with E-state index in [1.807, 2.05) is 41.5 Å². The van der Waals surface area contributed by atoms with Crippen molar-refractivity contribution in [2.75, 3.05) is 76.1 Å². The number of ether oxygens (including phenoxy) is 4. The molecule has 0 unspecified atom stereocenters. The number of methoxy groups -OCH3 is 3. The van der Waals surface area contributed by atoms with Crippen molar-refractivity contribution in [2.45, 2.75) is 67.0 Å². The number of rotatable bonds is 18. The number of carbonyl (C=O) groups is 1. The molecule has 0 fully saturated rings. The van der Waals surface area contributed by atoms with E-state index in [0.29, 0.717) is 62.2 Å². The number of phosphoric acid groups is 1. The fraction of sp³-hybridized carbons (Fsp3) is 0.543. The predicted molar refractivity (Wildman–Crippen MR) is 201 cm³/mol. The number of fused-ring (bicyclic) bond motifs is 1. The van der Waals surface area contributed by atoms with Gasteiger partial charge in [-0.1, -0.05) is 0 Å². The zero-order valence-electron chi connectivity index (χ0n) is 32.9. The van der Waals surface area contributed by atoms with E-state index in [9.17, 15) is 19.1 Å². The van der Waals surface area contributed by atoms with Crippen molar-refractivity contribution < 1.29 is 56.0 Å². The third-order valence-electron chi connectivity index (χ3n) is 10.4. The summed E-state index contributed by atoms with van der Waals surface area (Å²) in [6.07, 6.45) is 0.972. The molecular formula is C35H54FN8O9P+2. The molecule has 0 atom stereocenters. The topological polar surface area (TPSA) is 187 Å². The third-order valence-corrected chi connectivity index (χ3v) is 10.9. The van der Waals surface area contributed by atoms with Crippen molar-refractivity contribution in [3.8, 4) is 23.0 Å². The first-order valence-corrected chi connectivity index (χ1v) is 19.4. The Morgan fingerprint density at radius 1 is 0.889 bits per heavy atom. The largest absolute Gasteiger partial charge is 0.493 e. The van der Waals surface area contributed by atoms with Gasteiger partial charge in [0.25, 0.3) is 5.91 Å². The molecule has 1 aliphatic rings. The zero-order valence-corrected chi connectivity index (χ0v) is 33.8. The third kappa shape index (κ3) is 7.38. The Bertz CT molecular complexity index is 1810. The van der Waals surface area contributed by atoms with Crippen molar-refractivity contribution in [1.29, 1.82) is 0 Å². The van der Waals surface area contributed by atoms with Gasteiger partial charge in [-0.3, -0.25) is 4.79 Å². The van der Waals surface area contributed by atoms with E-state index in [2.05, 4.69) is 20.6 Å². The molecule has 298 valence electrons. The first kappa shape index (κ1) is 42.4. The average molecular weight is 781 g/mol. The average Bonchev–Trinajstić information content (AvgIpc) is 3.14. The van der Waals surface area contributed by atoms with Gasteiger partial charge in [0.2, 0.25) is 11.7 Å². The first-order chi connectivity index (χ1) is 25.4. The SMILES string of the molecule is CC[N+](CC)(CC)C(OP(=O)(O)O)(N1C(=O)C(C)(C)Oc2ccc(Nc3nc(Nc4cc(OC)c(OC)c(OC)c4)ncc3F)nc21)[N+](CC)(CC)CC. The summed E-state index contributed by atoms with van der Waals surface area (Å²) in [5.41, 5.74) is -1.05. The fourth-order valence-electron chi connectivity index (χ4n) is 7.44. The number of nitrogens with zero attached hydrogens (tertiary/aromatic N) is 6. The predicted octanol–water partition coefficient (Wildman–Crippen LogP) is 5.50. The number of phosphoric ester groups is 1. The van der Waals surface area contributed by atoms with E-state index in [4.69, 9.17) is 28.5 Å². The van der Waals surface area contributed by atoms with Crippen LogP contribution in [-0.2, 0) is 13.9 Å². The number of carbonyl (C=O) groups excluding carboxylic acids is 1. The highest BCUT2D eigenvalue weighted by molar-refractivity contribution is 7.46. The molecule has 19 heteroatoms. The van der Waals surface area contributed by atoms with E-state index in [1.165, 1.54) is 32.3 Å². The lowest BCUT2D eigenvalue weighted by Gasteiger charge is -2.61. The molecule has 0 bridgehead atoms. The minimum atomic E-state index is -5.33. The zero-order chi connectivity index (χ0) is 40.3. The van der Waals surface area contributed by atoms with Gasteiger partial charge in [-0.15, -0.1) is 0 Å². The number of hydrogen-bond acceptors (Lipinski definition) is 12. The number of benzene rings is 1. The van der Waals surface area contributed by atoms with Crippen molar-refractivity contribution in [3.05, 3.63) is 36.3 Å². The summed E-state index contributed by atoms with van der Waals surface area (Å²) in [4.78, 5) is 50.8. The quantitative estimate of drug-likeness (QED) is 0.0720. The van der Waals surface area contributed by atoms with Crippen molar-refractivity contribution >= 4 is 42.8 Å². The maximum Gasteiger partial charge on any atom is 0.480 e. The molecule has 4 N–H and O–H groups in total. The molecule has 17 nitrogen and oxygen atoms in total. The summed E-state index contributed by atoms with van der Waals surface area (Å²) in [6.45, 7) is 16.5. The molecule has 0 saturated carbocycles. The van der Waals surface area contributed by atoms with Crippen LogP contribution in [0.5, 0.6) is 23.0 Å². The van der Waals surface area contributed by atoms with E-state index < -0.39 is 31.1 Å². The lowest BCUT2D eigenvalue weighted by atomic mass is 10.0. The molecule has 0 spiro atoms. The second-order valence-electron chi connectivity index (χ2n) is 13.2. The second-order valence-corrected chi connectivity index (χ2v) is 14.3. The minimum absolute atomic E-state index is 0.00826. The number of anilines is 5. The highest BCUT2D eigenvalue weighted by Crippen LogP contribution is 2.55. The second kappa shape index (κ2) is 16.2. The van der Waals surface area contributed by atoms with Crippen LogP contribution >= 0.6 is 7.82 Å². The van der Waals surface area contributed by atoms with E-state index in [1.54, 1.807) is 32.0 Å². The molecule has 1 aliphatic heterocycles. The van der Waals surface area contributed by atoms with Crippen LogP contribution in [0, 0.1) is 5.82 Å². The lowest BCUT2D eigenvalue weighted by Crippen LogP contribution is -2.88. The number of halogens is 1. The Balaban J connectivity index is 1.94. The van der Waals surface area contributed by atoms with Crippen LogP contribution in [0.25, 0.3) is 0 Å². The van der Waals surface area contributed by atoms with Gasteiger partial charge in [0.05, 0.1) is 66.8 Å². The Kier molecular flexibility index (Phi) is 12.7. The van der Waals surface area contributed by atoms with Gasteiger partial charge in [0, 0.05) is 17.8 Å². The van der Waals surface area contributed by atoms with E-state index in [0.717, 1.165) is 6.20 Å². The van der Waals surface area contributed by atoms with Crippen molar-refractivity contribution in [1.82, 2.24) is 15.0 Å². The van der Waals surface area contributed by atoms with Gasteiger partial charge in [-0.2, -0.15) is 14.4 Å². The lowest BCUT2D eigenvalue weighted by molar-refractivity contribution is -1.19. The Labute approximate surface area is 315 Å². The number of hydrogen-bond donors (Lipinski definition) is 4. The molecule has 1 aromatic carbocycles. The van der Waals surface area contributed by atoms with Gasteiger partial charge < -0.3 is 39.4 Å². The number of quaternary nitrogens is 2. The number of amides is 1. The summed E-state index contributed by atoms with van der Waals surface area (Å²) in [5, 5.41) is 5.90. The summed E-state index contributed by atoms with van der Waals surface area (Å²) in [5.74, 6) is -2.51. The van der Waals surface area contributed by atoms with Crippen LogP contribution in [-0.4, -0.2) is 112 Å². The van der Waals surface area contributed by atoms with Crippen LogP contribution in [0.15, 0.2) is 30.5 Å². The molecular weight excluding hydrogens is 726 g/mol. The van der Waals surface area contributed by atoms with Crippen LogP contribution in [0.2, 0.25) is 0 Å². The van der Waals surface area contributed by atoms with Crippen LogP contribution < -0.4 is 34.5 Å². The smallest absolute Gasteiger partial charge is 0.480 e. The number of pyridine rings is 1. The Morgan fingerprint density at radius 3 is 1.89 bits per heavy atom. The van der Waals surface area contributed by atoms with Gasteiger partial charge in [0.1, 0.15) is 5.82 Å². The Morgan fingerprint density at radius 2 is 1.43 bits per heavy atom. The minimum Gasteiger partial charge on any atom is -0.493 e. The van der Waals surface area contributed by atoms with E-state index >= 15 is 4.39 Å². The highest BCUT2D eigenvalue weighted by Gasteiger charge is 2.75. The number of aromatic nitrogens is 3. The molecule has 54 heavy (non-hydrogen) atoms. The maximum absolute atomic E-state index is 15.4. The standard InChI is InChI=1S/C35H52FN8O9P/c1-12-43(13-2,14-3)35(53-54(46,47)48,44(15-4,16-5)17-6)42-31-25(52-34(7,8)32(42)45)18-19-28(40-31)39-30-24(36)22-37-33(41-30)38-23-20-26(49-9)29(51-11)27(21-23)50-10/h18-22H,12-17H2,1-11H3,(H2-2,37,38,39,40,41,46,47,48)/p+2. The molecule has 0 aliphatic carbocycles. The van der Waals surface area contributed by atoms with Crippen molar-refractivity contribution in [3.63, 3.8) is 0 Å². The summed E-state index contributed by atoms with van der Waals surface area (Å²) in [7, 11) is -0.901. The van der Waals surface area contributed by atoms with Gasteiger partial charge in [-0.25, -0.2) is 27.9 Å². The normalized spacial score (nSPS) is 14.6. The molecule has 4 rings (SSSR count).